The van der Waals surface area contributed by atoms with Gasteiger partial charge in [0, 0.05) is 43.9 Å². The highest BCUT2D eigenvalue weighted by Gasteiger charge is 2.24. The quantitative estimate of drug-likeness (QED) is 0.780. The lowest BCUT2D eigenvalue weighted by molar-refractivity contribution is 0.159. The lowest BCUT2D eigenvalue weighted by Gasteiger charge is -2.35. The number of piperazine rings is 1. The van der Waals surface area contributed by atoms with Crippen LogP contribution in [0.4, 0.5) is 4.39 Å². The Labute approximate surface area is 127 Å². The average molecular weight is 294 g/mol. The summed E-state index contributed by atoms with van der Waals surface area (Å²) in [6.45, 7) is 6.16. The van der Waals surface area contributed by atoms with Crippen molar-refractivity contribution in [1.29, 1.82) is 0 Å². The molecule has 0 amide bonds. The maximum absolute atomic E-state index is 14.4. The zero-order valence-corrected chi connectivity index (χ0v) is 13.2. The normalized spacial score (nSPS) is 17.7. The molecule has 1 aliphatic rings. The zero-order chi connectivity index (χ0) is 15.1. The van der Waals surface area contributed by atoms with Crippen molar-refractivity contribution in [3.63, 3.8) is 0 Å². The standard InChI is InChI=1S/C17H27FN2O/c1-3-4-5-6-17(20-11-9-19-10-12-20)15-8-7-14(21-2)13-16(15)18/h7-8,13,17,19H,3-6,9-12H2,1-2H3/t17-/m1/s1. The molecule has 0 aromatic heterocycles. The molecule has 1 aromatic carbocycles. The number of hydrogen-bond acceptors (Lipinski definition) is 3. The van der Waals surface area contributed by atoms with Gasteiger partial charge in [0.15, 0.2) is 0 Å². The van der Waals surface area contributed by atoms with Gasteiger partial charge in [0.2, 0.25) is 0 Å². The molecule has 0 spiro atoms. The van der Waals surface area contributed by atoms with Crippen molar-refractivity contribution >= 4 is 0 Å². The molecule has 1 fully saturated rings. The summed E-state index contributed by atoms with van der Waals surface area (Å²) in [7, 11) is 1.57. The summed E-state index contributed by atoms with van der Waals surface area (Å²) in [6, 6.07) is 5.45. The Bertz CT molecular complexity index is 433. The number of methoxy groups -OCH3 is 1. The Morgan fingerprint density at radius 2 is 2.05 bits per heavy atom. The summed E-state index contributed by atoms with van der Waals surface area (Å²) >= 11 is 0. The van der Waals surface area contributed by atoms with Crippen LogP contribution in [0.2, 0.25) is 0 Å². The van der Waals surface area contributed by atoms with Gasteiger partial charge < -0.3 is 10.1 Å². The Morgan fingerprint density at radius 1 is 1.29 bits per heavy atom. The summed E-state index contributed by atoms with van der Waals surface area (Å²) in [4.78, 5) is 2.41. The maximum Gasteiger partial charge on any atom is 0.131 e. The number of unbranched alkanes of at least 4 members (excludes halogenated alkanes) is 2. The number of ether oxygens (including phenoxy) is 1. The molecule has 1 heterocycles. The predicted molar refractivity (Wildman–Crippen MR) is 84.3 cm³/mol. The molecule has 4 heteroatoms. The molecule has 0 aliphatic carbocycles. The fourth-order valence-electron chi connectivity index (χ4n) is 3.02. The Hall–Kier alpha value is -1.13. The maximum atomic E-state index is 14.4. The van der Waals surface area contributed by atoms with Crippen LogP contribution < -0.4 is 10.1 Å². The number of benzene rings is 1. The smallest absolute Gasteiger partial charge is 0.131 e. The van der Waals surface area contributed by atoms with Crippen molar-refractivity contribution in [1.82, 2.24) is 10.2 Å². The van der Waals surface area contributed by atoms with Crippen LogP contribution >= 0.6 is 0 Å². The van der Waals surface area contributed by atoms with Crippen LogP contribution in [0.15, 0.2) is 18.2 Å². The van der Waals surface area contributed by atoms with Gasteiger partial charge in [0.25, 0.3) is 0 Å². The molecule has 2 rings (SSSR count). The van der Waals surface area contributed by atoms with E-state index in [0.29, 0.717) is 5.75 Å². The second kappa shape index (κ2) is 8.35. The third kappa shape index (κ3) is 4.42. The third-order valence-electron chi connectivity index (χ3n) is 4.24. The van der Waals surface area contributed by atoms with Gasteiger partial charge in [-0.05, 0) is 12.5 Å². The number of rotatable bonds is 7. The Morgan fingerprint density at radius 3 is 2.67 bits per heavy atom. The van der Waals surface area contributed by atoms with Gasteiger partial charge in [0.1, 0.15) is 11.6 Å². The van der Waals surface area contributed by atoms with E-state index >= 15 is 0 Å². The van der Waals surface area contributed by atoms with Crippen molar-refractivity contribution in [3.8, 4) is 5.75 Å². The Balaban J connectivity index is 2.16. The van der Waals surface area contributed by atoms with E-state index in [1.807, 2.05) is 12.1 Å². The predicted octanol–water partition coefficient (Wildman–Crippen LogP) is 3.36. The summed E-state index contributed by atoms with van der Waals surface area (Å²) in [5.74, 6) is 0.443. The van der Waals surface area contributed by atoms with E-state index in [2.05, 4.69) is 17.1 Å². The molecule has 1 aliphatic heterocycles. The molecule has 0 unspecified atom stereocenters. The fourth-order valence-corrected chi connectivity index (χ4v) is 3.02. The number of hydrogen-bond donors (Lipinski definition) is 1. The molecule has 1 atom stereocenters. The lowest BCUT2D eigenvalue weighted by Crippen LogP contribution is -2.45. The second-order valence-corrected chi connectivity index (χ2v) is 5.68. The van der Waals surface area contributed by atoms with Gasteiger partial charge in [-0.2, -0.15) is 0 Å². The van der Waals surface area contributed by atoms with Crippen molar-refractivity contribution in [2.24, 2.45) is 0 Å². The highest BCUT2D eigenvalue weighted by molar-refractivity contribution is 5.31. The third-order valence-corrected chi connectivity index (χ3v) is 4.24. The van der Waals surface area contributed by atoms with E-state index in [9.17, 15) is 4.39 Å². The second-order valence-electron chi connectivity index (χ2n) is 5.68. The van der Waals surface area contributed by atoms with Crippen molar-refractivity contribution in [2.75, 3.05) is 33.3 Å². The van der Waals surface area contributed by atoms with E-state index in [0.717, 1.165) is 44.6 Å². The first-order chi connectivity index (χ1) is 10.3. The molecule has 21 heavy (non-hydrogen) atoms. The van der Waals surface area contributed by atoms with Crippen LogP contribution in [-0.4, -0.2) is 38.2 Å². The molecule has 0 bridgehead atoms. The largest absolute Gasteiger partial charge is 0.497 e. The van der Waals surface area contributed by atoms with Gasteiger partial charge in [0.05, 0.1) is 7.11 Å². The minimum atomic E-state index is -0.144. The number of halogens is 1. The summed E-state index contributed by atoms with van der Waals surface area (Å²) < 4.78 is 19.5. The molecular formula is C17H27FN2O. The molecule has 0 saturated carbocycles. The highest BCUT2D eigenvalue weighted by Crippen LogP contribution is 2.30. The van der Waals surface area contributed by atoms with E-state index in [4.69, 9.17) is 4.74 Å². The van der Waals surface area contributed by atoms with Crippen LogP contribution in [0.5, 0.6) is 5.75 Å². The van der Waals surface area contributed by atoms with Gasteiger partial charge in [-0.25, -0.2) is 4.39 Å². The Kier molecular flexibility index (Phi) is 6.46. The van der Waals surface area contributed by atoms with Crippen LogP contribution in [0.3, 0.4) is 0 Å². The van der Waals surface area contributed by atoms with Crippen molar-refractivity contribution in [3.05, 3.63) is 29.6 Å². The highest BCUT2D eigenvalue weighted by atomic mass is 19.1. The topological polar surface area (TPSA) is 24.5 Å². The van der Waals surface area contributed by atoms with Gasteiger partial charge >= 0.3 is 0 Å². The SMILES string of the molecule is CCCCC[C@H](c1ccc(OC)cc1F)N1CCNCC1. The van der Waals surface area contributed by atoms with Gasteiger partial charge in [-0.15, -0.1) is 0 Å². The first-order valence-corrected chi connectivity index (χ1v) is 8.04. The first kappa shape index (κ1) is 16.2. The molecule has 1 aromatic rings. The number of nitrogens with one attached hydrogen (secondary N) is 1. The zero-order valence-electron chi connectivity index (χ0n) is 13.2. The summed E-state index contributed by atoms with van der Waals surface area (Å²) in [5, 5.41) is 3.37. The van der Waals surface area contributed by atoms with Crippen LogP contribution in [0.25, 0.3) is 0 Å². The summed E-state index contributed by atoms with van der Waals surface area (Å²) in [6.07, 6.45) is 4.58. The minimum Gasteiger partial charge on any atom is -0.497 e. The fraction of sp³-hybridized carbons (Fsp3) is 0.647. The van der Waals surface area contributed by atoms with E-state index in [1.54, 1.807) is 7.11 Å². The van der Waals surface area contributed by atoms with Gasteiger partial charge in [-0.3, -0.25) is 4.90 Å². The molecule has 3 nitrogen and oxygen atoms in total. The molecule has 1 N–H and O–H groups in total. The molecule has 118 valence electrons. The van der Waals surface area contributed by atoms with Gasteiger partial charge in [-0.1, -0.05) is 32.3 Å². The van der Waals surface area contributed by atoms with Crippen LogP contribution in [0, 0.1) is 5.82 Å². The van der Waals surface area contributed by atoms with Crippen LogP contribution in [0.1, 0.15) is 44.2 Å². The minimum absolute atomic E-state index is 0.144. The van der Waals surface area contributed by atoms with Crippen molar-refractivity contribution < 1.29 is 9.13 Å². The number of nitrogens with zero attached hydrogens (tertiary/aromatic N) is 1. The van der Waals surface area contributed by atoms with E-state index < -0.39 is 0 Å². The summed E-state index contributed by atoms with van der Waals surface area (Å²) in [5.41, 5.74) is 0.814. The molecule has 0 radical (unpaired) electrons. The van der Waals surface area contributed by atoms with Crippen LogP contribution in [-0.2, 0) is 0 Å². The molecule has 1 saturated heterocycles. The average Bonchev–Trinajstić information content (AvgIpc) is 2.53. The van der Waals surface area contributed by atoms with E-state index in [1.165, 1.54) is 18.9 Å². The first-order valence-electron chi connectivity index (χ1n) is 8.04. The van der Waals surface area contributed by atoms with E-state index in [-0.39, 0.29) is 11.9 Å². The lowest BCUT2D eigenvalue weighted by atomic mass is 9.97. The molecular weight excluding hydrogens is 267 g/mol. The monoisotopic (exact) mass is 294 g/mol. The van der Waals surface area contributed by atoms with Crippen molar-refractivity contribution in [2.45, 2.75) is 38.6 Å².